The highest BCUT2D eigenvalue weighted by Gasteiger charge is 2.24. The standard InChI is InChI=1S/C5H10ClO4P/c1-5(2,6)4(7)3-11(8,9)10/h3H2,1-2H3,(H2,8,9,10)/p-2. The Hall–Kier alpha value is 0.110. The van der Waals surface area contributed by atoms with Gasteiger partial charge in [-0.3, -0.25) is 4.79 Å². The number of rotatable bonds is 3. The maximum Gasteiger partial charge on any atom is 0.158 e. The topological polar surface area (TPSA) is 80.3 Å². The van der Waals surface area contributed by atoms with Crippen molar-refractivity contribution in [3.05, 3.63) is 0 Å². The summed E-state index contributed by atoms with van der Waals surface area (Å²) in [7, 11) is -4.75. The van der Waals surface area contributed by atoms with E-state index in [1.807, 2.05) is 0 Å². The van der Waals surface area contributed by atoms with Gasteiger partial charge in [0, 0.05) is 6.16 Å². The Balaban J connectivity index is 4.23. The van der Waals surface area contributed by atoms with E-state index in [2.05, 4.69) is 0 Å². The van der Waals surface area contributed by atoms with E-state index >= 15 is 0 Å². The van der Waals surface area contributed by atoms with Crippen LogP contribution in [0.1, 0.15) is 13.8 Å². The minimum atomic E-state index is -4.75. The van der Waals surface area contributed by atoms with Gasteiger partial charge < -0.3 is 14.4 Å². The predicted molar refractivity (Wildman–Crippen MR) is 37.4 cm³/mol. The molecule has 0 amide bonds. The average Bonchev–Trinajstić information content (AvgIpc) is 1.56. The summed E-state index contributed by atoms with van der Waals surface area (Å²) >= 11 is 5.44. The molecule has 0 aromatic carbocycles. The number of carbonyl (C=O) groups excluding carboxylic acids is 1. The molecule has 0 spiro atoms. The van der Waals surface area contributed by atoms with Crippen molar-refractivity contribution in [1.82, 2.24) is 0 Å². The molecule has 6 heteroatoms. The van der Waals surface area contributed by atoms with E-state index in [9.17, 15) is 19.1 Å². The lowest BCUT2D eigenvalue weighted by Gasteiger charge is -2.30. The molecule has 0 aromatic heterocycles. The van der Waals surface area contributed by atoms with Crippen molar-refractivity contribution < 1.29 is 19.1 Å². The second-order valence-corrected chi connectivity index (χ2v) is 5.15. The Morgan fingerprint density at radius 3 is 2.00 bits per heavy atom. The van der Waals surface area contributed by atoms with E-state index in [0.29, 0.717) is 0 Å². The molecule has 0 bridgehead atoms. The molecule has 0 radical (unpaired) electrons. The largest absolute Gasteiger partial charge is 0.810 e. The van der Waals surface area contributed by atoms with Gasteiger partial charge in [0.2, 0.25) is 0 Å². The van der Waals surface area contributed by atoms with Gasteiger partial charge in [-0.05, 0) is 13.8 Å². The summed E-state index contributed by atoms with van der Waals surface area (Å²) in [5, 5.41) is 0. The molecular weight excluding hydrogens is 190 g/mol. The summed E-state index contributed by atoms with van der Waals surface area (Å²) in [4.78, 5) is 29.7. The van der Waals surface area contributed by atoms with E-state index in [0.717, 1.165) is 0 Å². The number of hydrogen-bond donors (Lipinski definition) is 0. The van der Waals surface area contributed by atoms with Crippen molar-refractivity contribution in [2.45, 2.75) is 18.7 Å². The third-order valence-corrected chi connectivity index (χ3v) is 1.89. The number of halogens is 1. The minimum absolute atomic E-state index is 0.771. The van der Waals surface area contributed by atoms with Gasteiger partial charge in [-0.25, -0.2) is 0 Å². The molecule has 0 fully saturated rings. The van der Waals surface area contributed by atoms with Crippen LogP contribution in [0.15, 0.2) is 0 Å². The quantitative estimate of drug-likeness (QED) is 0.452. The van der Waals surface area contributed by atoms with Gasteiger partial charge in [0.25, 0.3) is 0 Å². The van der Waals surface area contributed by atoms with E-state index < -0.39 is 24.4 Å². The zero-order valence-electron chi connectivity index (χ0n) is 6.17. The normalized spacial score (nSPS) is 13.2. The number of alkyl halides is 1. The number of hydrogen-bond acceptors (Lipinski definition) is 4. The van der Waals surface area contributed by atoms with Gasteiger partial charge in [-0.1, -0.05) is 7.60 Å². The molecule has 4 nitrogen and oxygen atoms in total. The molecule has 0 saturated carbocycles. The van der Waals surface area contributed by atoms with Gasteiger partial charge in [0.1, 0.15) is 0 Å². The zero-order valence-corrected chi connectivity index (χ0v) is 7.82. The van der Waals surface area contributed by atoms with Crippen LogP contribution < -0.4 is 9.79 Å². The SMILES string of the molecule is CC(C)(Cl)C(=O)CP(=O)([O-])[O-]. The summed E-state index contributed by atoms with van der Waals surface area (Å²) in [6.45, 7) is 2.68. The maximum absolute atomic E-state index is 10.8. The van der Waals surface area contributed by atoms with Gasteiger partial charge >= 0.3 is 0 Å². The highest BCUT2D eigenvalue weighted by Crippen LogP contribution is 2.27. The van der Waals surface area contributed by atoms with Gasteiger partial charge in [-0.15, -0.1) is 11.6 Å². The lowest BCUT2D eigenvalue weighted by atomic mass is 10.1. The first-order valence-electron chi connectivity index (χ1n) is 2.86. The monoisotopic (exact) mass is 198 g/mol. The van der Waals surface area contributed by atoms with E-state index in [-0.39, 0.29) is 0 Å². The van der Waals surface area contributed by atoms with Crippen molar-refractivity contribution in [1.29, 1.82) is 0 Å². The molecular formula is C5H8ClO4P-2. The van der Waals surface area contributed by atoms with Crippen LogP contribution in [-0.2, 0) is 9.36 Å². The van der Waals surface area contributed by atoms with Crippen LogP contribution in [0.5, 0.6) is 0 Å². The summed E-state index contributed by atoms with van der Waals surface area (Å²) in [5.74, 6) is -0.771. The smallest absolute Gasteiger partial charge is 0.158 e. The summed E-state index contributed by atoms with van der Waals surface area (Å²) in [6, 6.07) is 0. The Kier molecular flexibility index (Phi) is 3.27. The lowest BCUT2D eigenvalue weighted by molar-refractivity contribution is -0.312. The van der Waals surface area contributed by atoms with Crippen LogP contribution in [0.2, 0.25) is 0 Å². The van der Waals surface area contributed by atoms with Gasteiger partial charge in [0.05, 0.1) is 4.87 Å². The maximum atomic E-state index is 10.8. The highest BCUT2D eigenvalue weighted by molar-refractivity contribution is 7.49. The van der Waals surface area contributed by atoms with Crippen molar-refractivity contribution >= 4 is 25.0 Å². The molecule has 0 N–H and O–H groups in total. The van der Waals surface area contributed by atoms with Crippen LogP contribution in [0.4, 0.5) is 0 Å². The van der Waals surface area contributed by atoms with Crippen LogP contribution in [0.3, 0.4) is 0 Å². The van der Waals surface area contributed by atoms with E-state index in [4.69, 9.17) is 11.6 Å². The van der Waals surface area contributed by atoms with Crippen LogP contribution in [0, 0.1) is 0 Å². The summed E-state index contributed by atoms with van der Waals surface area (Å²) in [6.07, 6.45) is -1.01. The summed E-state index contributed by atoms with van der Waals surface area (Å²) < 4.78 is 10.1. The van der Waals surface area contributed by atoms with E-state index in [1.165, 1.54) is 13.8 Å². The molecule has 11 heavy (non-hydrogen) atoms. The molecule has 0 aliphatic heterocycles. The fourth-order valence-corrected chi connectivity index (χ4v) is 1.27. The van der Waals surface area contributed by atoms with Gasteiger partial charge in [0.15, 0.2) is 5.78 Å². The molecule has 0 heterocycles. The van der Waals surface area contributed by atoms with Crippen LogP contribution >= 0.6 is 19.2 Å². The molecule has 66 valence electrons. The van der Waals surface area contributed by atoms with Crippen molar-refractivity contribution in [2.75, 3.05) is 6.16 Å². The lowest BCUT2D eigenvalue weighted by Crippen LogP contribution is -2.32. The molecule has 0 aromatic rings. The second kappa shape index (κ2) is 3.23. The Morgan fingerprint density at radius 2 is 1.91 bits per heavy atom. The second-order valence-electron chi connectivity index (χ2n) is 2.66. The first-order chi connectivity index (χ1) is 4.63. The predicted octanol–water partition coefficient (Wildman–Crippen LogP) is -0.513. The summed E-state index contributed by atoms with van der Waals surface area (Å²) in [5.41, 5.74) is 0. The van der Waals surface area contributed by atoms with Crippen LogP contribution in [0.25, 0.3) is 0 Å². The van der Waals surface area contributed by atoms with E-state index in [1.54, 1.807) is 0 Å². The molecule has 0 rings (SSSR count). The van der Waals surface area contributed by atoms with Crippen molar-refractivity contribution in [2.24, 2.45) is 0 Å². The molecule has 0 saturated heterocycles. The minimum Gasteiger partial charge on any atom is -0.810 e. The zero-order chi connectivity index (χ0) is 9.28. The Bertz CT molecular complexity index is 201. The Labute approximate surface area is 69.7 Å². The molecule has 0 unspecified atom stereocenters. The third-order valence-electron chi connectivity index (χ3n) is 1.00. The van der Waals surface area contributed by atoms with Gasteiger partial charge in [-0.2, -0.15) is 0 Å². The molecule has 0 atom stereocenters. The Morgan fingerprint density at radius 1 is 1.55 bits per heavy atom. The fraction of sp³-hybridized carbons (Fsp3) is 0.800. The number of Topliss-reactive ketones (excluding diaryl/α,β-unsaturated/α-hetero) is 1. The van der Waals surface area contributed by atoms with Crippen molar-refractivity contribution in [3.8, 4) is 0 Å². The first-order valence-corrected chi connectivity index (χ1v) is 4.97. The average molecular weight is 199 g/mol. The van der Waals surface area contributed by atoms with Crippen molar-refractivity contribution in [3.63, 3.8) is 0 Å². The first kappa shape index (κ1) is 11.1. The fourth-order valence-electron chi connectivity index (χ4n) is 0.364. The number of ketones is 1. The third kappa shape index (κ3) is 5.39. The number of carbonyl (C=O) groups is 1. The molecule has 0 aliphatic carbocycles. The van der Waals surface area contributed by atoms with Crippen LogP contribution in [-0.4, -0.2) is 16.8 Å². The molecule has 0 aliphatic rings. The highest BCUT2D eigenvalue weighted by atomic mass is 35.5.